The molecule has 3 unspecified atom stereocenters. The van der Waals surface area contributed by atoms with Crippen LogP contribution in [0.25, 0.3) is 0 Å². The third-order valence-corrected chi connectivity index (χ3v) is 17.5. The first-order valence-electron chi connectivity index (χ1n) is 16.3. The summed E-state index contributed by atoms with van der Waals surface area (Å²) in [5.41, 5.74) is 0. The van der Waals surface area contributed by atoms with Gasteiger partial charge in [0.05, 0.1) is 0 Å². The van der Waals surface area contributed by atoms with Crippen LogP contribution in [0.1, 0.15) is 124 Å². The second-order valence-electron chi connectivity index (χ2n) is 11.6. The molecule has 248 valence electrons. The topological polar surface area (TPSA) is 55.4 Å². The van der Waals surface area contributed by atoms with Crippen LogP contribution < -0.4 is 0 Å². The molecule has 0 radical (unpaired) electrons. The number of rotatable bonds is 28. The summed E-state index contributed by atoms with van der Waals surface area (Å²) in [7, 11) is 5.21. The molecule has 0 N–H and O–H groups in total. The van der Waals surface area contributed by atoms with E-state index in [1.54, 1.807) is 21.3 Å². The number of thiocarbonyl (C=S) groups is 3. The third-order valence-electron chi connectivity index (χ3n) is 7.52. The average Bonchev–Trinajstić information content (AvgIpc) is 2.97. The first-order valence-corrected chi connectivity index (χ1v) is 23.0. The average molecular weight is 758 g/mol. The predicted molar refractivity (Wildman–Crippen MR) is 190 cm³/mol. The zero-order chi connectivity index (χ0) is 31.6. The van der Waals surface area contributed by atoms with E-state index in [1.165, 1.54) is 25.7 Å². The van der Waals surface area contributed by atoms with E-state index in [9.17, 15) is 0 Å². The van der Waals surface area contributed by atoms with Gasteiger partial charge in [0.15, 0.2) is 0 Å². The molecule has 0 saturated carbocycles. The van der Waals surface area contributed by atoms with Crippen molar-refractivity contribution in [3.05, 3.63) is 0 Å². The maximum atomic E-state index is 6.76. The van der Waals surface area contributed by atoms with Crippen molar-refractivity contribution in [3.63, 3.8) is 0 Å². The molecular formula is C32H62O6S3Sn. The van der Waals surface area contributed by atoms with Crippen LogP contribution in [0.15, 0.2) is 0 Å². The van der Waals surface area contributed by atoms with Crippen LogP contribution in [0.2, 0.25) is 4.44 Å². The van der Waals surface area contributed by atoms with Crippen molar-refractivity contribution in [3.8, 4) is 0 Å². The molecule has 10 heteroatoms. The van der Waals surface area contributed by atoms with E-state index in [2.05, 4.69) is 27.7 Å². The van der Waals surface area contributed by atoms with Crippen molar-refractivity contribution >= 4 is 71.4 Å². The second kappa shape index (κ2) is 27.6. The van der Waals surface area contributed by atoms with E-state index in [0.717, 1.165) is 90.4 Å². The van der Waals surface area contributed by atoms with Crippen molar-refractivity contribution in [1.82, 2.24) is 0 Å². The van der Waals surface area contributed by atoms with Gasteiger partial charge in [-0.2, -0.15) is 0 Å². The number of hydrogen-bond donors (Lipinski definition) is 0. The minimum atomic E-state index is -4.40. The molecule has 0 aromatic heterocycles. The summed E-state index contributed by atoms with van der Waals surface area (Å²) in [6.45, 7) is 10.9. The van der Waals surface area contributed by atoms with Gasteiger partial charge in [-0.15, -0.1) is 0 Å². The van der Waals surface area contributed by atoms with E-state index in [-0.39, 0.29) is 17.8 Å². The van der Waals surface area contributed by atoms with Crippen LogP contribution in [-0.4, -0.2) is 75.9 Å². The molecule has 0 saturated heterocycles. The Balaban J connectivity index is 5.87. The van der Waals surface area contributed by atoms with Gasteiger partial charge in [-0.05, 0) is 0 Å². The zero-order valence-electron chi connectivity index (χ0n) is 27.8. The summed E-state index contributed by atoms with van der Waals surface area (Å²) >= 11 is 13.3. The first kappa shape index (κ1) is 42.3. The van der Waals surface area contributed by atoms with Crippen molar-refractivity contribution in [2.75, 3.05) is 41.2 Å². The Labute approximate surface area is 280 Å². The molecule has 0 aliphatic carbocycles. The van der Waals surface area contributed by atoms with E-state index in [0.29, 0.717) is 19.6 Å². The van der Waals surface area contributed by atoms with Crippen LogP contribution in [-0.2, 0) is 23.4 Å². The van der Waals surface area contributed by atoms with Crippen LogP contribution in [0, 0.1) is 17.8 Å². The molecule has 0 aromatic rings. The number of unbranched alkanes of at least 4 members (excludes halogenated alkanes) is 8. The minimum absolute atomic E-state index is 0.102. The Morgan fingerprint density at radius 2 is 0.833 bits per heavy atom. The summed E-state index contributed by atoms with van der Waals surface area (Å²) in [4.78, 5) is 0. The molecule has 3 atom stereocenters. The molecule has 0 heterocycles. The van der Waals surface area contributed by atoms with Crippen LogP contribution in [0.3, 0.4) is 0 Å². The first-order chi connectivity index (χ1) is 20.2. The third kappa shape index (κ3) is 21.2. The van der Waals surface area contributed by atoms with Gasteiger partial charge in [0.2, 0.25) is 0 Å². The molecule has 0 aliphatic heterocycles. The van der Waals surface area contributed by atoms with Gasteiger partial charge in [0.1, 0.15) is 0 Å². The van der Waals surface area contributed by atoms with E-state index >= 15 is 0 Å². The Morgan fingerprint density at radius 1 is 0.500 bits per heavy atom. The number of methoxy groups -OCH3 is 3. The fraction of sp³-hybridized carbons (Fsp3) is 0.906. The van der Waals surface area contributed by atoms with Gasteiger partial charge >= 0.3 is 282 Å². The molecule has 0 rings (SSSR count). The Morgan fingerprint density at radius 3 is 1.17 bits per heavy atom. The van der Waals surface area contributed by atoms with Crippen molar-refractivity contribution in [2.24, 2.45) is 17.8 Å². The van der Waals surface area contributed by atoms with Gasteiger partial charge in [0, 0.05) is 0 Å². The molecule has 0 aromatic carbocycles. The molecule has 6 nitrogen and oxygen atoms in total. The Bertz CT molecular complexity index is 633. The van der Waals surface area contributed by atoms with Crippen LogP contribution in [0.4, 0.5) is 0 Å². The van der Waals surface area contributed by atoms with Gasteiger partial charge in [-0.25, -0.2) is 0 Å². The van der Waals surface area contributed by atoms with Crippen molar-refractivity contribution in [1.29, 1.82) is 0 Å². The van der Waals surface area contributed by atoms with Gasteiger partial charge < -0.3 is 0 Å². The summed E-state index contributed by atoms with van der Waals surface area (Å²) in [6.07, 6.45) is 15.8. The monoisotopic (exact) mass is 758 g/mol. The molecule has 0 spiro atoms. The molecular weight excluding hydrogens is 695 g/mol. The molecule has 0 bridgehead atoms. The Kier molecular flexibility index (Phi) is 27.9. The predicted octanol–water partition coefficient (Wildman–Crippen LogP) is 9.68. The van der Waals surface area contributed by atoms with Gasteiger partial charge in [0.25, 0.3) is 0 Å². The van der Waals surface area contributed by atoms with Crippen LogP contribution >= 0.6 is 36.7 Å². The standard InChI is InChI=1S/3C8H16O2S.C8H17.Sn/c3*1-7(8(9)11)5-3-4-6-10-2;1-3-5-7-8-6-4-2;/h3*7H,3-6H2,1-2H3,(H,9,11);1,3-8H2,2H3;/q;;;;+3/p-3. The second-order valence-corrected chi connectivity index (χ2v) is 19.9. The molecule has 0 fully saturated rings. The number of ether oxygens (including phenoxy) is 3. The zero-order valence-corrected chi connectivity index (χ0v) is 33.1. The fourth-order valence-electron chi connectivity index (χ4n) is 4.54. The van der Waals surface area contributed by atoms with E-state index < -0.39 is 19.6 Å². The summed E-state index contributed by atoms with van der Waals surface area (Å²) in [5.74, 6) is 0.305. The summed E-state index contributed by atoms with van der Waals surface area (Å²) in [6, 6.07) is 0. The van der Waals surface area contributed by atoms with Crippen LogP contribution in [0.5, 0.6) is 0 Å². The SMILES string of the molecule is CCCCCCC[CH2][Sn]([O]C(=S)C(C)CCCCOC)([O]C(=S)C(C)CCCCOC)[O]C(=S)C(C)CCCCOC. The Hall–Kier alpha value is 0.349. The van der Waals surface area contributed by atoms with Crippen molar-refractivity contribution < 1.29 is 23.4 Å². The van der Waals surface area contributed by atoms with Gasteiger partial charge in [-0.3, -0.25) is 0 Å². The van der Waals surface area contributed by atoms with E-state index in [1.807, 2.05) is 0 Å². The van der Waals surface area contributed by atoms with Gasteiger partial charge in [-0.1, -0.05) is 0 Å². The maximum absolute atomic E-state index is 6.76. The summed E-state index contributed by atoms with van der Waals surface area (Å²) < 4.78 is 36.7. The number of hydrogen-bond acceptors (Lipinski definition) is 9. The van der Waals surface area contributed by atoms with E-state index in [4.69, 9.17) is 60.1 Å². The normalized spacial score (nSPS) is 14.9. The summed E-state index contributed by atoms with van der Waals surface area (Å²) in [5, 5.41) is 1.71. The van der Waals surface area contributed by atoms with Crippen molar-refractivity contribution in [2.45, 2.75) is 128 Å². The fourth-order valence-corrected chi connectivity index (χ4v) is 15.0. The molecule has 0 amide bonds. The quantitative estimate of drug-likeness (QED) is 0.0441. The molecule has 42 heavy (non-hydrogen) atoms. The molecule has 0 aliphatic rings.